The number of hydrogen-bond donors (Lipinski definition) is 3. The van der Waals surface area contributed by atoms with Crippen molar-refractivity contribution >= 4 is 11.5 Å². The molecule has 5 heteroatoms. The Hall–Kier alpha value is -1.23. The van der Waals surface area contributed by atoms with Gasteiger partial charge in [0.15, 0.2) is 0 Å². The Labute approximate surface area is 77.3 Å². The van der Waals surface area contributed by atoms with E-state index in [1.807, 2.05) is 13.8 Å². The molecule has 0 spiro atoms. The Morgan fingerprint density at radius 1 is 1.46 bits per heavy atom. The first-order valence-corrected chi connectivity index (χ1v) is 4.30. The van der Waals surface area contributed by atoms with E-state index in [0.29, 0.717) is 18.1 Å². The second kappa shape index (κ2) is 3.66. The average Bonchev–Trinajstić information content (AvgIpc) is 2.33. The molecule has 5 nitrogen and oxygen atoms in total. The highest BCUT2D eigenvalue weighted by molar-refractivity contribution is 5.62. The molecule has 74 valence electrons. The fourth-order valence-corrected chi connectivity index (χ4v) is 1.20. The van der Waals surface area contributed by atoms with Crippen LogP contribution in [0.4, 0.5) is 11.5 Å². The lowest BCUT2D eigenvalue weighted by Gasteiger charge is -1.99. The minimum Gasteiger partial charge on any atom is -0.394 e. The van der Waals surface area contributed by atoms with E-state index in [1.165, 1.54) is 4.68 Å². The van der Waals surface area contributed by atoms with Crippen molar-refractivity contribution in [1.82, 2.24) is 9.78 Å². The fraction of sp³-hybridized carbons (Fsp3) is 0.625. The van der Waals surface area contributed by atoms with Crippen LogP contribution in [-0.4, -0.2) is 21.5 Å². The highest BCUT2D eigenvalue weighted by Gasteiger charge is 2.14. The summed E-state index contributed by atoms with van der Waals surface area (Å²) in [5, 5.41) is 12.9. The molecule has 0 aliphatic rings. The topological polar surface area (TPSA) is 90.1 Å². The molecule has 0 unspecified atom stereocenters. The maximum Gasteiger partial charge on any atom is 0.145 e. The van der Waals surface area contributed by atoms with Crippen molar-refractivity contribution in [2.45, 2.75) is 26.3 Å². The zero-order chi connectivity index (χ0) is 10.0. The van der Waals surface area contributed by atoms with Gasteiger partial charge < -0.3 is 16.6 Å². The number of aliphatic hydroxyl groups excluding tert-OH is 1. The second-order valence-corrected chi connectivity index (χ2v) is 3.29. The lowest BCUT2D eigenvalue weighted by atomic mass is 10.1. The van der Waals surface area contributed by atoms with Gasteiger partial charge in [0.1, 0.15) is 5.82 Å². The zero-order valence-corrected chi connectivity index (χ0v) is 7.99. The molecule has 1 aromatic rings. The normalized spacial score (nSPS) is 11.1. The SMILES string of the molecule is CC(C)c1nn(CCO)c(N)c1N. The number of anilines is 2. The number of nitrogens with two attached hydrogens (primary N) is 2. The Bertz CT molecular complexity index is 293. The molecule has 0 saturated carbocycles. The summed E-state index contributed by atoms with van der Waals surface area (Å²) in [5.41, 5.74) is 12.8. The molecule has 1 heterocycles. The Kier molecular flexibility index (Phi) is 2.77. The standard InChI is InChI=1S/C8H16N4O/c1-5(2)7-6(9)8(10)12(11-7)3-4-13/h5,13H,3-4,9-10H2,1-2H3. The lowest BCUT2D eigenvalue weighted by Crippen LogP contribution is -2.08. The summed E-state index contributed by atoms with van der Waals surface area (Å²) in [4.78, 5) is 0. The average molecular weight is 184 g/mol. The number of nitrogen functional groups attached to an aromatic ring is 2. The van der Waals surface area contributed by atoms with Gasteiger partial charge in [-0.3, -0.25) is 0 Å². The van der Waals surface area contributed by atoms with Gasteiger partial charge in [0.05, 0.1) is 24.5 Å². The van der Waals surface area contributed by atoms with Gasteiger partial charge in [-0.1, -0.05) is 13.8 Å². The number of aromatic nitrogens is 2. The molecule has 0 radical (unpaired) electrons. The van der Waals surface area contributed by atoms with Crippen molar-refractivity contribution in [1.29, 1.82) is 0 Å². The number of rotatable bonds is 3. The Morgan fingerprint density at radius 2 is 2.08 bits per heavy atom. The maximum atomic E-state index is 8.73. The van der Waals surface area contributed by atoms with Crippen LogP contribution >= 0.6 is 0 Å². The van der Waals surface area contributed by atoms with Crippen LogP contribution in [0, 0.1) is 0 Å². The third-order valence-corrected chi connectivity index (χ3v) is 1.92. The van der Waals surface area contributed by atoms with Crippen LogP contribution in [0.5, 0.6) is 0 Å². The van der Waals surface area contributed by atoms with Gasteiger partial charge in [-0.2, -0.15) is 5.10 Å². The molecule has 0 bridgehead atoms. The molecule has 0 atom stereocenters. The summed E-state index contributed by atoms with van der Waals surface area (Å²) in [6.07, 6.45) is 0. The Balaban J connectivity index is 3.05. The number of aliphatic hydroxyl groups is 1. The summed E-state index contributed by atoms with van der Waals surface area (Å²) in [6, 6.07) is 0. The third kappa shape index (κ3) is 1.75. The van der Waals surface area contributed by atoms with Crippen LogP contribution in [0.2, 0.25) is 0 Å². The van der Waals surface area contributed by atoms with Crippen molar-refractivity contribution in [2.75, 3.05) is 18.1 Å². The second-order valence-electron chi connectivity index (χ2n) is 3.29. The van der Waals surface area contributed by atoms with E-state index in [0.717, 1.165) is 5.69 Å². The molecule has 0 saturated heterocycles. The Morgan fingerprint density at radius 3 is 2.46 bits per heavy atom. The van der Waals surface area contributed by atoms with Crippen LogP contribution < -0.4 is 11.5 Å². The predicted molar refractivity (Wildman–Crippen MR) is 52.2 cm³/mol. The minimum atomic E-state index is 0.0167. The molecule has 13 heavy (non-hydrogen) atoms. The molecule has 0 aromatic carbocycles. The highest BCUT2D eigenvalue weighted by Crippen LogP contribution is 2.25. The van der Waals surface area contributed by atoms with Crippen molar-refractivity contribution in [3.8, 4) is 0 Å². The van der Waals surface area contributed by atoms with Gasteiger partial charge in [-0.25, -0.2) is 4.68 Å². The van der Waals surface area contributed by atoms with Crippen LogP contribution in [0.3, 0.4) is 0 Å². The monoisotopic (exact) mass is 184 g/mol. The van der Waals surface area contributed by atoms with E-state index in [9.17, 15) is 0 Å². The smallest absolute Gasteiger partial charge is 0.145 e. The maximum absolute atomic E-state index is 8.73. The van der Waals surface area contributed by atoms with Crippen molar-refractivity contribution in [2.24, 2.45) is 0 Å². The van der Waals surface area contributed by atoms with E-state index in [2.05, 4.69) is 5.10 Å². The largest absolute Gasteiger partial charge is 0.394 e. The van der Waals surface area contributed by atoms with Crippen LogP contribution in [0.25, 0.3) is 0 Å². The predicted octanol–water partition coefficient (Wildman–Crippen LogP) is 0.163. The summed E-state index contributed by atoms with van der Waals surface area (Å²) in [5.74, 6) is 0.694. The molecule has 1 rings (SSSR count). The quantitative estimate of drug-likeness (QED) is 0.624. The van der Waals surface area contributed by atoms with Gasteiger partial charge in [0.25, 0.3) is 0 Å². The van der Waals surface area contributed by atoms with Crippen molar-refractivity contribution < 1.29 is 5.11 Å². The summed E-state index contributed by atoms with van der Waals surface area (Å²) >= 11 is 0. The van der Waals surface area contributed by atoms with E-state index >= 15 is 0 Å². The molecule has 1 aromatic heterocycles. The summed E-state index contributed by atoms with van der Waals surface area (Å²) < 4.78 is 1.53. The first-order chi connectivity index (χ1) is 6.07. The van der Waals surface area contributed by atoms with E-state index in [1.54, 1.807) is 0 Å². The first-order valence-electron chi connectivity index (χ1n) is 4.30. The van der Waals surface area contributed by atoms with Gasteiger partial charge >= 0.3 is 0 Å². The third-order valence-electron chi connectivity index (χ3n) is 1.92. The van der Waals surface area contributed by atoms with Gasteiger partial charge in [0.2, 0.25) is 0 Å². The van der Waals surface area contributed by atoms with Crippen molar-refractivity contribution in [3.05, 3.63) is 5.69 Å². The van der Waals surface area contributed by atoms with Crippen molar-refractivity contribution in [3.63, 3.8) is 0 Å². The fourth-order valence-electron chi connectivity index (χ4n) is 1.20. The molecule has 0 aliphatic carbocycles. The highest BCUT2D eigenvalue weighted by atomic mass is 16.3. The molecule has 0 fully saturated rings. The summed E-state index contributed by atoms with van der Waals surface area (Å²) in [7, 11) is 0. The molecule has 0 amide bonds. The number of nitrogens with zero attached hydrogens (tertiary/aromatic N) is 2. The van der Waals surface area contributed by atoms with E-state index in [-0.39, 0.29) is 12.5 Å². The number of hydrogen-bond acceptors (Lipinski definition) is 4. The molecule has 5 N–H and O–H groups in total. The van der Waals surface area contributed by atoms with Gasteiger partial charge in [0, 0.05) is 0 Å². The van der Waals surface area contributed by atoms with Gasteiger partial charge in [-0.05, 0) is 5.92 Å². The first kappa shape index (κ1) is 9.85. The zero-order valence-electron chi connectivity index (χ0n) is 7.99. The minimum absolute atomic E-state index is 0.0167. The molecular weight excluding hydrogens is 168 g/mol. The van der Waals surface area contributed by atoms with Crippen LogP contribution in [0.1, 0.15) is 25.5 Å². The summed E-state index contributed by atoms with van der Waals surface area (Å²) in [6.45, 7) is 4.41. The molecule has 0 aliphatic heterocycles. The van der Waals surface area contributed by atoms with Gasteiger partial charge in [-0.15, -0.1) is 0 Å². The van der Waals surface area contributed by atoms with Crippen LogP contribution in [-0.2, 0) is 6.54 Å². The van der Waals surface area contributed by atoms with E-state index < -0.39 is 0 Å². The molecular formula is C8H16N4O. The lowest BCUT2D eigenvalue weighted by molar-refractivity contribution is 0.270. The van der Waals surface area contributed by atoms with E-state index in [4.69, 9.17) is 16.6 Å². The van der Waals surface area contributed by atoms with Crippen LogP contribution in [0.15, 0.2) is 0 Å².